The molecule has 0 aliphatic carbocycles. The molecule has 0 amide bonds. The molecule has 0 aromatic heterocycles. The molecule has 1 rings (SSSR count). The van der Waals surface area contributed by atoms with E-state index in [1.807, 2.05) is 0 Å². The molecule has 0 saturated heterocycles. The number of carbonyl (C=O) groups excluding carboxylic acids is 2. The van der Waals surface area contributed by atoms with E-state index >= 15 is 0 Å². The van der Waals surface area contributed by atoms with Crippen LogP contribution in [0, 0.1) is 0 Å². The SMILES string of the molecule is C[13C](=O)C(=O)c1cc[13cH]cc1. The first-order valence-electron chi connectivity index (χ1n) is 3.32. The molecule has 0 N–H and O–H groups in total. The lowest BCUT2D eigenvalue weighted by Crippen LogP contribution is -2.08. The number of benzene rings is 1. The fourth-order valence-corrected chi connectivity index (χ4v) is 0.793. The summed E-state index contributed by atoms with van der Waals surface area (Å²) in [5.74, 6) is -0.846. The lowest BCUT2D eigenvalue weighted by molar-refractivity contribution is -0.113. The number of hydrogen-bond acceptors (Lipinski definition) is 2. The maximum Gasteiger partial charge on any atom is 0.228 e. The lowest BCUT2D eigenvalue weighted by atomic mass is 10.2. The van der Waals surface area contributed by atoms with Crippen LogP contribution in [0.2, 0.25) is 0 Å². The van der Waals surface area contributed by atoms with Gasteiger partial charge in [-0.3, -0.25) is 9.59 Å². The Morgan fingerprint density at radius 1 is 1.09 bits per heavy atom. The summed E-state index contributed by atoms with van der Waals surface area (Å²) in [6.07, 6.45) is 0. The summed E-state index contributed by atoms with van der Waals surface area (Å²) < 4.78 is 0. The van der Waals surface area contributed by atoms with E-state index in [9.17, 15) is 9.59 Å². The van der Waals surface area contributed by atoms with Gasteiger partial charge in [0.15, 0.2) is 5.78 Å². The van der Waals surface area contributed by atoms with Gasteiger partial charge in [-0.2, -0.15) is 0 Å². The molecule has 0 heterocycles. The summed E-state index contributed by atoms with van der Waals surface area (Å²) in [5.41, 5.74) is 0.458. The van der Waals surface area contributed by atoms with Crippen LogP contribution in [0.25, 0.3) is 0 Å². The van der Waals surface area contributed by atoms with Crippen molar-refractivity contribution in [3.63, 3.8) is 0 Å². The molecule has 1 aromatic carbocycles. The fourth-order valence-electron chi connectivity index (χ4n) is 0.793. The van der Waals surface area contributed by atoms with Crippen molar-refractivity contribution < 1.29 is 9.59 Å². The molecule has 11 heavy (non-hydrogen) atoms. The number of hydrogen-bond donors (Lipinski definition) is 0. The molecule has 0 saturated carbocycles. The van der Waals surface area contributed by atoms with Crippen molar-refractivity contribution in [1.82, 2.24) is 0 Å². The van der Waals surface area contributed by atoms with Gasteiger partial charge in [-0.05, 0) is 0 Å². The number of ketones is 2. The van der Waals surface area contributed by atoms with E-state index in [0.717, 1.165) is 0 Å². The molecule has 0 unspecified atom stereocenters. The average Bonchev–Trinajstić information content (AvgIpc) is 2.05. The standard InChI is InChI=1S/C9H8O2/c1-7(10)9(11)8-5-3-2-4-6-8/h2-6H,1H3/i2+1,7+1. The van der Waals surface area contributed by atoms with E-state index in [-0.39, 0.29) is 0 Å². The molecule has 0 fully saturated rings. The monoisotopic (exact) mass is 150 g/mol. The fraction of sp³-hybridized carbons (Fsp3) is 0.111. The van der Waals surface area contributed by atoms with Gasteiger partial charge in [-0.25, -0.2) is 0 Å². The Bertz CT molecular complexity index is 275. The smallest absolute Gasteiger partial charge is 0.228 e. The normalized spacial score (nSPS) is 9.18. The van der Waals surface area contributed by atoms with Crippen molar-refractivity contribution in [2.45, 2.75) is 6.92 Å². The van der Waals surface area contributed by atoms with Gasteiger partial charge in [-0.1, -0.05) is 30.3 Å². The summed E-state index contributed by atoms with van der Waals surface area (Å²) in [7, 11) is 0. The zero-order valence-corrected chi connectivity index (χ0v) is 6.20. The highest BCUT2D eigenvalue weighted by atomic mass is 16.2. The van der Waals surface area contributed by atoms with Gasteiger partial charge < -0.3 is 0 Å². The minimum Gasteiger partial charge on any atom is -0.291 e. The van der Waals surface area contributed by atoms with Crippen molar-refractivity contribution in [3.8, 4) is 0 Å². The zero-order valence-electron chi connectivity index (χ0n) is 6.20. The molecule has 0 aliphatic heterocycles. The number of Topliss-reactive ketones (excluding diaryl/α,β-unsaturated/α-hetero) is 2. The van der Waals surface area contributed by atoms with E-state index < -0.39 is 11.6 Å². The van der Waals surface area contributed by atoms with Crippen LogP contribution in [0.5, 0.6) is 0 Å². The highest BCUT2D eigenvalue weighted by Crippen LogP contribution is 1.99. The molecular weight excluding hydrogens is 142 g/mol. The second-order valence-corrected chi connectivity index (χ2v) is 2.25. The van der Waals surface area contributed by atoms with Crippen molar-refractivity contribution in [2.24, 2.45) is 0 Å². The molecule has 0 atom stereocenters. The Morgan fingerprint density at radius 2 is 1.64 bits per heavy atom. The van der Waals surface area contributed by atoms with Gasteiger partial charge in [0.05, 0.1) is 0 Å². The summed E-state index contributed by atoms with van der Waals surface area (Å²) in [6.45, 7) is 1.27. The van der Waals surface area contributed by atoms with Gasteiger partial charge in [0, 0.05) is 12.5 Å². The van der Waals surface area contributed by atoms with Crippen LogP contribution in [0.4, 0.5) is 0 Å². The van der Waals surface area contributed by atoms with Crippen molar-refractivity contribution in [2.75, 3.05) is 0 Å². The third-order valence-corrected chi connectivity index (χ3v) is 1.36. The molecule has 0 radical (unpaired) electrons. The van der Waals surface area contributed by atoms with E-state index in [1.165, 1.54) is 6.92 Å². The Hall–Kier alpha value is -1.44. The summed E-state index contributed by atoms with van der Waals surface area (Å²) in [6, 6.07) is 8.52. The summed E-state index contributed by atoms with van der Waals surface area (Å²) in [4.78, 5) is 21.6. The largest absolute Gasteiger partial charge is 0.291 e. The third kappa shape index (κ3) is 1.74. The number of carbonyl (C=O) groups is 2. The Balaban J connectivity index is 2.95. The van der Waals surface area contributed by atoms with Crippen molar-refractivity contribution in [1.29, 1.82) is 0 Å². The van der Waals surface area contributed by atoms with Gasteiger partial charge in [0.25, 0.3) is 0 Å². The van der Waals surface area contributed by atoms with Gasteiger partial charge in [0.1, 0.15) is 0 Å². The van der Waals surface area contributed by atoms with E-state index in [0.29, 0.717) is 5.56 Å². The van der Waals surface area contributed by atoms with Crippen molar-refractivity contribution >= 4 is 11.6 Å². The van der Waals surface area contributed by atoms with E-state index in [1.54, 1.807) is 30.3 Å². The molecule has 2 heteroatoms. The summed E-state index contributed by atoms with van der Waals surface area (Å²) >= 11 is 0. The quantitative estimate of drug-likeness (QED) is 0.363. The van der Waals surface area contributed by atoms with Crippen LogP contribution in [0.1, 0.15) is 17.3 Å². The second kappa shape index (κ2) is 3.10. The first-order valence-corrected chi connectivity index (χ1v) is 3.32. The first-order chi connectivity index (χ1) is 5.22. The van der Waals surface area contributed by atoms with Crippen LogP contribution in [0.15, 0.2) is 30.3 Å². The van der Waals surface area contributed by atoms with E-state index in [2.05, 4.69) is 0 Å². The first kappa shape index (κ1) is 7.66. The molecule has 0 spiro atoms. The predicted octanol–water partition coefficient (Wildman–Crippen LogP) is 1.46. The molecule has 0 aliphatic rings. The predicted molar refractivity (Wildman–Crippen MR) is 41.5 cm³/mol. The molecular formula is C9H8O2. The van der Waals surface area contributed by atoms with Crippen LogP contribution < -0.4 is 0 Å². The maximum atomic E-state index is 11.0. The maximum absolute atomic E-state index is 11.0. The Kier molecular flexibility index (Phi) is 2.16. The van der Waals surface area contributed by atoms with Gasteiger partial charge in [-0.15, -0.1) is 0 Å². The Labute approximate surface area is 64.8 Å². The highest BCUT2D eigenvalue weighted by Gasteiger charge is 2.08. The van der Waals surface area contributed by atoms with Crippen LogP contribution in [-0.4, -0.2) is 11.6 Å². The van der Waals surface area contributed by atoms with Crippen LogP contribution in [0.3, 0.4) is 0 Å². The topological polar surface area (TPSA) is 34.1 Å². The average molecular weight is 150 g/mol. The number of rotatable bonds is 2. The highest BCUT2D eigenvalue weighted by molar-refractivity contribution is 6.42. The Morgan fingerprint density at radius 3 is 2.09 bits per heavy atom. The van der Waals surface area contributed by atoms with Crippen LogP contribution in [-0.2, 0) is 4.79 Å². The molecule has 0 bridgehead atoms. The molecule has 56 valence electrons. The zero-order chi connectivity index (χ0) is 8.27. The lowest BCUT2D eigenvalue weighted by Gasteiger charge is -1.93. The van der Waals surface area contributed by atoms with Gasteiger partial charge >= 0.3 is 0 Å². The minimum atomic E-state index is -0.425. The van der Waals surface area contributed by atoms with E-state index in [4.69, 9.17) is 0 Å². The molecule has 1 aromatic rings. The molecule has 2 nitrogen and oxygen atoms in total. The minimum absolute atomic E-state index is 0.420. The van der Waals surface area contributed by atoms with Crippen LogP contribution >= 0.6 is 0 Å². The third-order valence-electron chi connectivity index (χ3n) is 1.36. The second-order valence-electron chi connectivity index (χ2n) is 2.25. The van der Waals surface area contributed by atoms with Gasteiger partial charge in [0.2, 0.25) is 5.78 Å². The summed E-state index contributed by atoms with van der Waals surface area (Å²) in [5, 5.41) is 0. The van der Waals surface area contributed by atoms with Crippen molar-refractivity contribution in [3.05, 3.63) is 35.9 Å².